The SMILES string of the molecule is Cc1cc([N+](=O)[O-])ccc1Oc1c(F)cccc1C(C)N. The van der Waals surface area contributed by atoms with Crippen molar-refractivity contribution in [1.82, 2.24) is 0 Å². The van der Waals surface area contributed by atoms with Crippen molar-refractivity contribution >= 4 is 5.69 Å². The first-order valence-corrected chi connectivity index (χ1v) is 6.37. The molecular weight excluding hydrogens is 275 g/mol. The van der Waals surface area contributed by atoms with Crippen molar-refractivity contribution < 1.29 is 14.1 Å². The smallest absolute Gasteiger partial charge is 0.269 e. The fraction of sp³-hybridized carbons (Fsp3) is 0.200. The number of rotatable bonds is 4. The van der Waals surface area contributed by atoms with E-state index in [9.17, 15) is 14.5 Å². The van der Waals surface area contributed by atoms with Gasteiger partial charge < -0.3 is 10.5 Å². The van der Waals surface area contributed by atoms with E-state index < -0.39 is 16.8 Å². The Hall–Kier alpha value is -2.47. The number of nitrogens with two attached hydrogens (primary N) is 1. The van der Waals surface area contributed by atoms with Crippen LogP contribution in [0.25, 0.3) is 0 Å². The molecule has 2 N–H and O–H groups in total. The molecule has 0 saturated heterocycles. The van der Waals surface area contributed by atoms with E-state index in [1.807, 2.05) is 0 Å². The third-order valence-electron chi connectivity index (χ3n) is 3.07. The van der Waals surface area contributed by atoms with Crippen molar-refractivity contribution in [3.63, 3.8) is 0 Å². The van der Waals surface area contributed by atoms with Gasteiger partial charge in [0.15, 0.2) is 11.6 Å². The summed E-state index contributed by atoms with van der Waals surface area (Å²) in [5, 5.41) is 10.7. The zero-order valence-electron chi connectivity index (χ0n) is 11.7. The Kier molecular flexibility index (Phi) is 4.18. The van der Waals surface area contributed by atoms with Gasteiger partial charge in [0.25, 0.3) is 5.69 Å². The molecule has 2 aromatic carbocycles. The van der Waals surface area contributed by atoms with Crippen LogP contribution in [0.3, 0.4) is 0 Å². The van der Waals surface area contributed by atoms with Crippen LogP contribution in [0.4, 0.5) is 10.1 Å². The molecule has 0 saturated carbocycles. The number of non-ortho nitro benzene ring substituents is 1. The number of hydrogen-bond acceptors (Lipinski definition) is 4. The van der Waals surface area contributed by atoms with E-state index in [1.54, 1.807) is 26.0 Å². The average Bonchev–Trinajstić information content (AvgIpc) is 2.42. The van der Waals surface area contributed by atoms with Gasteiger partial charge in [0.2, 0.25) is 0 Å². The number of aryl methyl sites for hydroxylation is 1. The summed E-state index contributed by atoms with van der Waals surface area (Å²) >= 11 is 0. The number of nitrogens with zero attached hydrogens (tertiary/aromatic N) is 1. The molecule has 0 radical (unpaired) electrons. The predicted octanol–water partition coefficient (Wildman–Crippen LogP) is 3.85. The molecule has 2 aromatic rings. The number of halogens is 1. The molecule has 21 heavy (non-hydrogen) atoms. The van der Waals surface area contributed by atoms with E-state index in [1.165, 1.54) is 24.3 Å². The number of nitro groups is 1. The molecule has 1 atom stereocenters. The Labute approximate surface area is 121 Å². The molecule has 0 fully saturated rings. The lowest BCUT2D eigenvalue weighted by atomic mass is 10.1. The lowest BCUT2D eigenvalue weighted by Crippen LogP contribution is -2.08. The second-order valence-electron chi connectivity index (χ2n) is 4.76. The van der Waals surface area contributed by atoms with E-state index in [0.29, 0.717) is 16.9 Å². The summed E-state index contributed by atoms with van der Waals surface area (Å²) in [4.78, 5) is 10.2. The monoisotopic (exact) mass is 290 g/mol. The van der Waals surface area contributed by atoms with Crippen molar-refractivity contribution in [3.05, 3.63) is 63.5 Å². The lowest BCUT2D eigenvalue weighted by molar-refractivity contribution is -0.384. The van der Waals surface area contributed by atoms with Crippen LogP contribution in [0.5, 0.6) is 11.5 Å². The number of nitro benzene ring substituents is 1. The summed E-state index contributed by atoms with van der Waals surface area (Å²) < 4.78 is 19.5. The molecule has 1 unspecified atom stereocenters. The second-order valence-corrected chi connectivity index (χ2v) is 4.76. The fourth-order valence-corrected chi connectivity index (χ4v) is 1.96. The number of ether oxygens (including phenoxy) is 1. The first kappa shape index (κ1) is 14.9. The van der Waals surface area contributed by atoms with E-state index in [4.69, 9.17) is 10.5 Å². The lowest BCUT2D eigenvalue weighted by Gasteiger charge is -2.15. The maximum absolute atomic E-state index is 13.9. The van der Waals surface area contributed by atoms with Crippen molar-refractivity contribution in [2.45, 2.75) is 19.9 Å². The highest BCUT2D eigenvalue weighted by Crippen LogP contribution is 2.34. The van der Waals surface area contributed by atoms with Crippen LogP contribution in [0.15, 0.2) is 36.4 Å². The maximum atomic E-state index is 13.9. The van der Waals surface area contributed by atoms with E-state index in [0.717, 1.165) is 0 Å². The summed E-state index contributed by atoms with van der Waals surface area (Å²) in [6, 6.07) is 8.27. The van der Waals surface area contributed by atoms with Crippen LogP contribution in [0.1, 0.15) is 24.1 Å². The standard InChI is InChI=1S/C15H15FN2O3/c1-9-8-11(18(19)20)6-7-14(9)21-15-12(10(2)17)4-3-5-13(15)16/h3-8,10H,17H2,1-2H3. The van der Waals surface area contributed by atoms with Gasteiger partial charge in [-0.05, 0) is 31.5 Å². The molecular formula is C15H15FN2O3. The molecule has 6 heteroatoms. The first-order valence-electron chi connectivity index (χ1n) is 6.37. The molecule has 110 valence electrons. The Morgan fingerprint density at radius 1 is 1.33 bits per heavy atom. The van der Waals surface area contributed by atoms with Gasteiger partial charge in [0, 0.05) is 23.7 Å². The number of para-hydroxylation sites is 1. The third-order valence-corrected chi connectivity index (χ3v) is 3.07. The zero-order chi connectivity index (χ0) is 15.6. The summed E-state index contributed by atoms with van der Waals surface area (Å²) in [5.74, 6) is -0.125. The first-order chi connectivity index (χ1) is 9.90. The predicted molar refractivity (Wildman–Crippen MR) is 76.9 cm³/mol. The summed E-state index contributed by atoms with van der Waals surface area (Å²) in [5.41, 5.74) is 6.84. The Bertz CT molecular complexity index is 687. The van der Waals surface area contributed by atoms with E-state index >= 15 is 0 Å². The summed E-state index contributed by atoms with van der Waals surface area (Å²) in [7, 11) is 0. The van der Waals surface area contributed by atoms with Crippen LogP contribution in [-0.2, 0) is 0 Å². The third kappa shape index (κ3) is 3.17. The van der Waals surface area contributed by atoms with Crippen LogP contribution in [-0.4, -0.2) is 4.92 Å². The summed E-state index contributed by atoms with van der Waals surface area (Å²) in [6.07, 6.45) is 0. The fourth-order valence-electron chi connectivity index (χ4n) is 1.96. The van der Waals surface area contributed by atoms with Crippen LogP contribution >= 0.6 is 0 Å². The zero-order valence-corrected chi connectivity index (χ0v) is 11.7. The Morgan fingerprint density at radius 2 is 2.05 bits per heavy atom. The average molecular weight is 290 g/mol. The van der Waals surface area contributed by atoms with Gasteiger partial charge in [-0.15, -0.1) is 0 Å². The highest BCUT2D eigenvalue weighted by Gasteiger charge is 2.16. The molecule has 0 aliphatic carbocycles. The molecule has 5 nitrogen and oxygen atoms in total. The van der Waals surface area contributed by atoms with Gasteiger partial charge in [0.1, 0.15) is 5.75 Å². The molecule has 0 bridgehead atoms. The minimum atomic E-state index is -0.525. The highest BCUT2D eigenvalue weighted by atomic mass is 19.1. The highest BCUT2D eigenvalue weighted by molar-refractivity contribution is 5.47. The number of benzene rings is 2. The van der Waals surface area contributed by atoms with Gasteiger partial charge in [-0.3, -0.25) is 10.1 Å². The van der Waals surface area contributed by atoms with Crippen molar-refractivity contribution in [3.8, 4) is 11.5 Å². The van der Waals surface area contributed by atoms with Gasteiger partial charge in [-0.1, -0.05) is 12.1 Å². The molecule has 0 heterocycles. The van der Waals surface area contributed by atoms with E-state index in [-0.39, 0.29) is 11.4 Å². The van der Waals surface area contributed by atoms with Gasteiger partial charge in [-0.25, -0.2) is 4.39 Å². The molecule has 0 aliphatic rings. The van der Waals surface area contributed by atoms with Gasteiger partial charge in [-0.2, -0.15) is 0 Å². The topological polar surface area (TPSA) is 78.4 Å². The van der Waals surface area contributed by atoms with Crippen molar-refractivity contribution in [2.24, 2.45) is 5.73 Å². The molecule has 0 amide bonds. The van der Waals surface area contributed by atoms with E-state index in [2.05, 4.69) is 0 Å². The van der Waals surface area contributed by atoms with Gasteiger partial charge in [0.05, 0.1) is 4.92 Å². The Balaban J connectivity index is 2.41. The Morgan fingerprint density at radius 3 is 2.62 bits per heavy atom. The summed E-state index contributed by atoms with van der Waals surface area (Å²) in [6.45, 7) is 3.39. The maximum Gasteiger partial charge on any atom is 0.269 e. The van der Waals surface area contributed by atoms with Crippen LogP contribution in [0, 0.1) is 22.9 Å². The minimum absolute atomic E-state index is 0.0409. The van der Waals surface area contributed by atoms with Gasteiger partial charge >= 0.3 is 0 Å². The molecule has 0 aromatic heterocycles. The second kappa shape index (κ2) is 5.88. The largest absolute Gasteiger partial charge is 0.454 e. The number of hydrogen-bond donors (Lipinski definition) is 1. The minimum Gasteiger partial charge on any atom is -0.454 e. The molecule has 0 spiro atoms. The van der Waals surface area contributed by atoms with Crippen LogP contribution < -0.4 is 10.5 Å². The molecule has 0 aliphatic heterocycles. The van der Waals surface area contributed by atoms with Crippen molar-refractivity contribution in [1.29, 1.82) is 0 Å². The molecule has 2 rings (SSSR count). The normalized spacial score (nSPS) is 12.0. The van der Waals surface area contributed by atoms with Crippen molar-refractivity contribution in [2.75, 3.05) is 0 Å². The quantitative estimate of drug-likeness (QED) is 0.685. The van der Waals surface area contributed by atoms with Crippen LogP contribution in [0.2, 0.25) is 0 Å².